The van der Waals surface area contributed by atoms with Crippen LogP contribution < -0.4 is 10.6 Å². The third kappa shape index (κ3) is 4.81. The quantitative estimate of drug-likeness (QED) is 0.380. The molecule has 2 aromatic heterocycles. The zero-order valence-electron chi connectivity index (χ0n) is 19.1. The van der Waals surface area contributed by atoms with Crippen molar-refractivity contribution in [2.24, 2.45) is 0 Å². The summed E-state index contributed by atoms with van der Waals surface area (Å²) in [5.41, 5.74) is 5.15. The van der Waals surface area contributed by atoms with Gasteiger partial charge in [-0.1, -0.05) is 42.5 Å². The van der Waals surface area contributed by atoms with Gasteiger partial charge >= 0.3 is 5.91 Å². The van der Waals surface area contributed by atoms with Gasteiger partial charge in [-0.2, -0.15) is 0 Å². The van der Waals surface area contributed by atoms with E-state index in [9.17, 15) is 9.59 Å². The van der Waals surface area contributed by atoms with Crippen LogP contribution in [0.2, 0.25) is 0 Å². The minimum absolute atomic E-state index is 0.0496. The molecule has 3 aromatic carbocycles. The highest BCUT2D eigenvalue weighted by Crippen LogP contribution is 2.20. The molecule has 174 valence electrons. The molecule has 5 aromatic rings. The first-order chi connectivity index (χ1) is 17.1. The van der Waals surface area contributed by atoms with Crippen molar-refractivity contribution < 1.29 is 14.0 Å². The minimum Gasteiger partial charge on any atom is -0.437 e. The van der Waals surface area contributed by atoms with E-state index < -0.39 is 0 Å². The van der Waals surface area contributed by atoms with Crippen LogP contribution in [-0.2, 0) is 13.0 Å². The van der Waals surface area contributed by atoms with Gasteiger partial charge in [0.25, 0.3) is 11.8 Å². The van der Waals surface area contributed by atoms with Gasteiger partial charge in [-0.3, -0.25) is 14.2 Å². The van der Waals surface area contributed by atoms with E-state index in [-0.39, 0.29) is 17.7 Å². The van der Waals surface area contributed by atoms with E-state index in [0.717, 1.165) is 27.8 Å². The smallest absolute Gasteiger partial charge is 0.307 e. The summed E-state index contributed by atoms with van der Waals surface area (Å²) in [5, 5.41) is 5.46. The molecule has 8 heteroatoms. The lowest BCUT2D eigenvalue weighted by Gasteiger charge is -2.07. The number of amides is 2. The molecule has 2 heterocycles. The van der Waals surface area contributed by atoms with E-state index >= 15 is 0 Å². The molecule has 35 heavy (non-hydrogen) atoms. The van der Waals surface area contributed by atoms with Crippen molar-refractivity contribution in [3.8, 4) is 5.69 Å². The number of oxazole rings is 1. The van der Waals surface area contributed by atoms with Gasteiger partial charge in [-0.25, -0.2) is 9.97 Å². The molecule has 2 N–H and O–H groups in total. The molecule has 5 rings (SSSR count). The third-order valence-electron chi connectivity index (χ3n) is 5.67. The lowest BCUT2D eigenvalue weighted by molar-refractivity contribution is 0.0913. The molecule has 0 spiro atoms. The summed E-state index contributed by atoms with van der Waals surface area (Å²) in [6.07, 6.45) is 3.90. The molecule has 0 aliphatic rings. The minimum atomic E-state index is -0.360. The average molecular weight is 466 g/mol. The molecule has 0 radical (unpaired) electrons. The summed E-state index contributed by atoms with van der Waals surface area (Å²) in [5.74, 6) is 0.181. The Morgan fingerprint density at radius 2 is 1.71 bits per heavy atom. The maximum Gasteiger partial charge on any atom is 0.307 e. The first-order valence-electron chi connectivity index (χ1n) is 11.2. The van der Waals surface area contributed by atoms with Crippen molar-refractivity contribution in [3.63, 3.8) is 0 Å². The molecular formula is C27H23N5O3. The zero-order valence-corrected chi connectivity index (χ0v) is 19.1. The topological polar surface area (TPSA) is 102 Å². The van der Waals surface area contributed by atoms with Crippen molar-refractivity contribution in [1.29, 1.82) is 0 Å². The maximum atomic E-state index is 12.5. The Bertz CT molecular complexity index is 1490. The monoisotopic (exact) mass is 465 g/mol. The van der Waals surface area contributed by atoms with Crippen LogP contribution in [0.5, 0.6) is 0 Å². The average Bonchev–Trinajstić information content (AvgIpc) is 3.54. The molecule has 0 aliphatic carbocycles. The van der Waals surface area contributed by atoms with Crippen LogP contribution in [0.4, 0.5) is 0 Å². The highest BCUT2D eigenvalue weighted by molar-refractivity contribution is 5.97. The van der Waals surface area contributed by atoms with Crippen molar-refractivity contribution in [2.45, 2.75) is 13.0 Å². The number of nitrogens with zero attached hydrogens (tertiary/aromatic N) is 3. The SMILES string of the molecule is CNC(=O)c1ccc2c(c1)ncn2-c1ccc(CNC(=O)c2ncc(Cc3ccccc3)o2)cc1. The Balaban J connectivity index is 1.22. The summed E-state index contributed by atoms with van der Waals surface area (Å²) in [6.45, 7) is 0.343. The largest absolute Gasteiger partial charge is 0.437 e. The van der Waals surface area contributed by atoms with E-state index in [1.807, 2.05) is 65.2 Å². The van der Waals surface area contributed by atoms with E-state index in [1.165, 1.54) is 0 Å². The predicted molar refractivity (Wildman–Crippen MR) is 131 cm³/mol. The van der Waals surface area contributed by atoms with Gasteiger partial charge in [0.2, 0.25) is 0 Å². The number of imidazole rings is 1. The normalized spacial score (nSPS) is 10.9. The lowest BCUT2D eigenvalue weighted by atomic mass is 10.1. The summed E-state index contributed by atoms with van der Waals surface area (Å²) >= 11 is 0. The second kappa shape index (κ2) is 9.64. The molecule has 0 bridgehead atoms. The van der Waals surface area contributed by atoms with E-state index in [1.54, 1.807) is 31.7 Å². The second-order valence-corrected chi connectivity index (χ2v) is 8.04. The van der Waals surface area contributed by atoms with Gasteiger partial charge in [0.15, 0.2) is 0 Å². The molecule has 0 unspecified atom stereocenters. The fraction of sp³-hybridized carbons (Fsp3) is 0.111. The fourth-order valence-corrected chi connectivity index (χ4v) is 3.83. The van der Waals surface area contributed by atoms with Gasteiger partial charge in [0.05, 0.1) is 17.2 Å². The first kappa shape index (κ1) is 22.1. The standard InChI is InChI=1S/C27H23N5O3/c1-28-25(33)20-9-12-24-23(14-20)31-17-32(24)21-10-7-19(8-11-21)15-29-26(34)27-30-16-22(35-27)13-18-5-3-2-4-6-18/h2-12,14,16-17H,13,15H2,1H3,(H,28,33)(H,29,34). The molecule has 0 saturated carbocycles. The third-order valence-corrected chi connectivity index (χ3v) is 5.67. The summed E-state index contributed by atoms with van der Waals surface area (Å²) in [6, 6.07) is 23.1. The van der Waals surface area contributed by atoms with Crippen LogP contribution in [0.1, 0.15) is 37.9 Å². The van der Waals surface area contributed by atoms with Gasteiger partial charge in [-0.05, 0) is 41.5 Å². The number of benzene rings is 3. The summed E-state index contributed by atoms with van der Waals surface area (Å²) in [4.78, 5) is 32.9. The number of rotatable bonds is 7. The summed E-state index contributed by atoms with van der Waals surface area (Å²) in [7, 11) is 1.60. The number of hydrogen-bond donors (Lipinski definition) is 2. The number of nitrogens with one attached hydrogen (secondary N) is 2. The molecule has 2 amide bonds. The van der Waals surface area contributed by atoms with Gasteiger partial charge < -0.3 is 15.1 Å². The zero-order chi connectivity index (χ0) is 24.2. The number of aromatic nitrogens is 3. The van der Waals surface area contributed by atoms with Crippen molar-refractivity contribution in [1.82, 2.24) is 25.2 Å². The Labute approximate surface area is 201 Å². The summed E-state index contributed by atoms with van der Waals surface area (Å²) < 4.78 is 7.57. The number of carbonyl (C=O) groups is 2. The molecule has 8 nitrogen and oxygen atoms in total. The Kier molecular flexibility index (Phi) is 6.09. The number of carbonyl (C=O) groups excluding carboxylic acids is 2. The Morgan fingerprint density at radius 1 is 0.914 bits per heavy atom. The molecule has 0 aliphatic heterocycles. The second-order valence-electron chi connectivity index (χ2n) is 8.04. The van der Waals surface area contributed by atoms with Crippen molar-refractivity contribution in [3.05, 3.63) is 114 Å². The lowest BCUT2D eigenvalue weighted by Crippen LogP contribution is -2.23. The van der Waals surface area contributed by atoms with Gasteiger partial charge in [-0.15, -0.1) is 0 Å². The fourth-order valence-electron chi connectivity index (χ4n) is 3.83. The van der Waals surface area contributed by atoms with E-state index in [4.69, 9.17) is 4.42 Å². The van der Waals surface area contributed by atoms with E-state index in [0.29, 0.717) is 24.3 Å². The Morgan fingerprint density at radius 3 is 2.49 bits per heavy atom. The number of fused-ring (bicyclic) bond motifs is 1. The van der Waals surface area contributed by atoms with Crippen molar-refractivity contribution in [2.75, 3.05) is 7.05 Å². The van der Waals surface area contributed by atoms with Crippen LogP contribution >= 0.6 is 0 Å². The maximum absolute atomic E-state index is 12.5. The predicted octanol–water partition coefficient (Wildman–Crippen LogP) is 3.89. The van der Waals surface area contributed by atoms with Gasteiger partial charge in [0, 0.05) is 31.3 Å². The van der Waals surface area contributed by atoms with E-state index in [2.05, 4.69) is 20.6 Å². The van der Waals surface area contributed by atoms with Crippen molar-refractivity contribution >= 4 is 22.8 Å². The van der Waals surface area contributed by atoms with Crippen LogP contribution in [0.25, 0.3) is 16.7 Å². The van der Waals surface area contributed by atoms with Gasteiger partial charge in [0.1, 0.15) is 12.1 Å². The molecular weight excluding hydrogens is 442 g/mol. The highest BCUT2D eigenvalue weighted by Gasteiger charge is 2.14. The number of hydrogen-bond acceptors (Lipinski definition) is 5. The van der Waals surface area contributed by atoms with Crippen LogP contribution in [-0.4, -0.2) is 33.4 Å². The van der Waals surface area contributed by atoms with Crippen LogP contribution in [0.3, 0.4) is 0 Å². The first-order valence-corrected chi connectivity index (χ1v) is 11.2. The molecule has 0 atom stereocenters. The Hall–Kier alpha value is -4.72. The van der Waals surface area contributed by atoms with Crippen LogP contribution in [0, 0.1) is 0 Å². The van der Waals surface area contributed by atoms with Crippen LogP contribution in [0.15, 0.2) is 89.7 Å². The highest BCUT2D eigenvalue weighted by atomic mass is 16.4. The molecule has 0 saturated heterocycles. The molecule has 0 fully saturated rings.